The molecule has 2 aromatic rings. The summed E-state index contributed by atoms with van der Waals surface area (Å²) in [5.74, 6) is -0.959. The summed E-state index contributed by atoms with van der Waals surface area (Å²) in [4.78, 5) is 11.5. The number of aliphatic carboxylic acids is 1. The van der Waals surface area contributed by atoms with Crippen LogP contribution in [0, 0.1) is 0 Å². The van der Waals surface area contributed by atoms with Crippen LogP contribution in [0.15, 0.2) is 60.7 Å². The van der Waals surface area contributed by atoms with Gasteiger partial charge >= 0.3 is 5.97 Å². The summed E-state index contributed by atoms with van der Waals surface area (Å²) >= 11 is 0. The third-order valence-electron chi connectivity index (χ3n) is 3.19. The monoisotopic (exact) mass is 255 g/mol. The van der Waals surface area contributed by atoms with Crippen molar-refractivity contribution in [3.63, 3.8) is 0 Å². The quantitative estimate of drug-likeness (QED) is 0.861. The van der Waals surface area contributed by atoms with Crippen LogP contribution in [0.1, 0.15) is 18.4 Å². The standard InChI is InChI=1S/C16H17NO2/c1-12(13-8-4-2-5-9-13)15(16(18)19)17-14-10-6-3-7-11-14/h2-12,15,17H,1H3,(H,18,19). The van der Waals surface area contributed by atoms with E-state index in [0.717, 1.165) is 11.3 Å². The molecule has 0 amide bonds. The van der Waals surface area contributed by atoms with Crippen LogP contribution in [0.25, 0.3) is 0 Å². The molecule has 3 heteroatoms. The van der Waals surface area contributed by atoms with Crippen molar-refractivity contribution in [2.45, 2.75) is 18.9 Å². The van der Waals surface area contributed by atoms with Crippen LogP contribution in [0.4, 0.5) is 5.69 Å². The largest absolute Gasteiger partial charge is 0.480 e. The van der Waals surface area contributed by atoms with Gasteiger partial charge in [0.05, 0.1) is 0 Å². The van der Waals surface area contributed by atoms with Crippen molar-refractivity contribution in [3.05, 3.63) is 66.2 Å². The molecule has 2 N–H and O–H groups in total. The second-order valence-electron chi connectivity index (χ2n) is 4.53. The zero-order valence-corrected chi connectivity index (χ0v) is 10.8. The molecule has 3 nitrogen and oxygen atoms in total. The van der Waals surface area contributed by atoms with Gasteiger partial charge in [-0.1, -0.05) is 55.5 Å². The smallest absolute Gasteiger partial charge is 0.326 e. The summed E-state index contributed by atoms with van der Waals surface area (Å²) in [6.45, 7) is 1.92. The lowest BCUT2D eigenvalue weighted by Crippen LogP contribution is -2.34. The summed E-state index contributed by atoms with van der Waals surface area (Å²) < 4.78 is 0. The van der Waals surface area contributed by atoms with E-state index in [1.54, 1.807) is 0 Å². The first-order valence-electron chi connectivity index (χ1n) is 6.28. The number of benzene rings is 2. The molecular formula is C16H17NO2. The summed E-state index contributed by atoms with van der Waals surface area (Å²) in [6.07, 6.45) is 0. The van der Waals surface area contributed by atoms with E-state index in [4.69, 9.17) is 0 Å². The van der Waals surface area contributed by atoms with E-state index in [2.05, 4.69) is 5.32 Å². The molecule has 0 saturated carbocycles. The number of anilines is 1. The second kappa shape index (κ2) is 6.05. The Labute approximate surface area is 112 Å². The van der Waals surface area contributed by atoms with Crippen LogP contribution in [0.5, 0.6) is 0 Å². The number of carbonyl (C=O) groups is 1. The molecule has 0 spiro atoms. The Morgan fingerprint density at radius 3 is 2.05 bits per heavy atom. The van der Waals surface area contributed by atoms with E-state index in [-0.39, 0.29) is 5.92 Å². The molecule has 19 heavy (non-hydrogen) atoms. The van der Waals surface area contributed by atoms with Crippen LogP contribution in [0.2, 0.25) is 0 Å². The molecule has 0 aromatic heterocycles. The molecular weight excluding hydrogens is 238 g/mol. The number of rotatable bonds is 5. The third-order valence-corrected chi connectivity index (χ3v) is 3.19. The Kier molecular flexibility index (Phi) is 4.18. The first-order valence-corrected chi connectivity index (χ1v) is 6.28. The van der Waals surface area contributed by atoms with E-state index in [1.807, 2.05) is 67.6 Å². The Morgan fingerprint density at radius 1 is 1.00 bits per heavy atom. The highest BCUT2D eigenvalue weighted by atomic mass is 16.4. The zero-order valence-electron chi connectivity index (χ0n) is 10.8. The average Bonchev–Trinajstić information content (AvgIpc) is 2.46. The van der Waals surface area contributed by atoms with Crippen molar-refractivity contribution in [1.29, 1.82) is 0 Å². The maximum absolute atomic E-state index is 11.5. The SMILES string of the molecule is CC(c1ccccc1)C(Nc1ccccc1)C(=O)O. The van der Waals surface area contributed by atoms with E-state index in [9.17, 15) is 9.90 Å². The highest BCUT2D eigenvalue weighted by Gasteiger charge is 2.25. The fraction of sp³-hybridized carbons (Fsp3) is 0.188. The number of nitrogens with one attached hydrogen (secondary N) is 1. The molecule has 0 aliphatic heterocycles. The molecule has 0 aliphatic carbocycles. The summed E-state index contributed by atoms with van der Waals surface area (Å²) in [5.41, 5.74) is 1.83. The van der Waals surface area contributed by atoms with Crippen LogP contribution in [-0.2, 0) is 4.79 Å². The molecule has 0 aliphatic rings. The molecule has 0 fully saturated rings. The van der Waals surface area contributed by atoms with E-state index in [0.29, 0.717) is 0 Å². The van der Waals surface area contributed by atoms with Crippen LogP contribution < -0.4 is 5.32 Å². The lowest BCUT2D eigenvalue weighted by atomic mass is 9.93. The Morgan fingerprint density at radius 2 is 1.53 bits per heavy atom. The minimum atomic E-state index is -0.847. The van der Waals surface area contributed by atoms with Crippen molar-refractivity contribution < 1.29 is 9.90 Å². The molecule has 2 aromatic carbocycles. The van der Waals surface area contributed by atoms with Crippen molar-refractivity contribution in [2.24, 2.45) is 0 Å². The number of hydrogen-bond donors (Lipinski definition) is 2. The van der Waals surface area contributed by atoms with Gasteiger partial charge in [-0.2, -0.15) is 0 Å². The van der Waals surface area contributed by atoms with Crippen molar-refractivity contribution >= 4 is 11.7 Å². The summed E-state index contributed by atoms with van der Waals surface area (Å²) in [5, 5.41) is 12.5. The van der Waals surface area contributed by atoms with Gasteiger partial charge in [-0.15, -0.1) is 0 Å². The first-order chi connectivity index (χ1) is 9.18. The summed E-state index contributed by atoms with van der Waals surface area (Å²) in [7, 11) is 0. The van der Waals surface area contributed by atoms with Crippen molar-refractivity contribution in [1.82, 2.24) is 0 Å². The predicted octanol–water partition coefficient (Wildman–Crippen LogP) is 3.36. The summed E-state index contributed by atoms with van der Waals surface area (Å²) in [6, 6.07) is 18.4. The number of hydrogen-bond acceptors (Lipinski definition) is 2. The lowest BCUT2D eigenvalue weighted by molar-refractivity contribution is -0.138. The molecule has 0 radical (unpaired) electrons. The highest BCUT2D eigenvalue weighted by Crippen LogP contribution is 2.22. The minimum absolute atomic E-state index is 0.112. The first kappa shape index (κ1) is 13.1. The minimum Gasteiger partial charge on any atom is -0.480 e. The van der Waals surface area contributed by atoms with Crippen LogP contribution in [-0.4, -0.2) is 17.1 Å². The van der Waals surface area contributed by atoms with Crippen molar-refractivity contribution in [2.75, 3.05) is 5.32 Å². The van der Waals surface area contributed by atoms with Gasteiger partial charge in [0.25, 0.3) is 0 Å². The highest BCUT2D eigenvalue weighted by molar-refractivity contribution is 5.78. The Hall–Kier alpha value is -2.29. The van der Waals surface area contributed by atoms with Crippen LogP contribution >= 0.6 is 0 Å². The normalized spacial score (nSPS) is 13.5. The molecule has 0 bridgehead atoms. The van der Waals surface area contributed by atoms with Gasteiger partial charge in [-0.3, -0.25) is 0 Å². The molecule has 98 valence electrons. The topological polar surface area (TPSA) is 49.3 Å². The maximum atomic E-state index is 11.5. The fourth-order valence-corrected chi connectivity index (χ4v) is 2.06. The van der Waals surface area contributed by atoms with Gasteiger partial charge in [0.15, 0.2) is 0 Å². The van der Waals surface area contributed by atoms with Gasteiger partial charge in [0.1, 0.15) is 6.04 Å². The zero-order chi connectivity index (χ0) is 13.7. The van der Waals surface area contributed by atoms with Gasteiger partial charge in [0, 0.05) is 11.6 Å². The number of para-hydroxylation sites is 1. The molecule has 2 atom stereocenters. The molecule has 2 rings (SSSR count). The molecule has 0 heterocycles. The number of carboxylic acid groups (broad SMARTS) is 1. The average molecular weight is 255 g/mol. The van der Waals surface area contributed by atoms with E-state index >= 15 is 0 Å². The lowest BCUT2D eigenvalue weighted by Gasteiger charge is -2.22. The van der Waals surface area contributed by atoms with Gasteiger partial charge in [-0.05, 0) is 17.7 Å². The van der Waals surface area contributed by atoms with E-state index < -0.39 is 12.0 Å². The predicted molar refractivity (Wildman–Crippen MR) is 76.3 cm³/mol. The molecule has 2 unspecified atom stereocenters. The maximum Gasteiger partial charge on any atom is 0.326 e. The third kappa shape index (κ3) is 3.35. The Balaban J connectivity index is 2.19. The van der Waals surface area contributed by atoms with Gasteiger partial charge < -0.3 is 10.4 Å². The van der Waals surface area contributed by atoms with Crippen LogP contribution in [0.3, 0.4) is 0 Å². The number of carboxylic acids is 1. The van der Waals surface area contributed by atoms with E-state index in [1.165, 1.54) is 0 Å². The van der Waals surface area contributed by atoms with Gasteiger partial charge in [0.2, 0.25) is 0 Å². The van der Waals surface area contributed by atoms with Gasteiger partial charge in [-0.25, -0.2) is 4.79 Å². The Bertz CT molecular complexity index is 525. The fourth-order valence-electron chi connectivity index (χ4n) is 2.06. The second-order valence-corrected chi connectivity index (χ2v) is 4.53. The molecule has 0 saturated heterocycles. The van der Waals surface area contributed by atoms with Crippen molar-refractivity contribution in [3.8, 4) is 0 Å².